The average Bonchev–Trinajstić information content (AvgIpc) is 3.03. The molecule has 1 aliphatic rings. The van der Waals surface area contributed by atoms with E-state index in [-0.39, 0.29) is 10.8 Å². The van der Waals surface area contributed by atoms with E-state index in [1.54, 1.807) is 30.0 Å². The number of hydrogen-bond acceptors (Lipinski definition) is 2. The minimum atomic E-state index is -0.389. The van der Waals surface area contributed by atoms with E-state index in [0.29, 0.717) is 15.7 Å². The Morgan fingerprint density at radius 3 is 2.67 bits per heavy atom. The number of rotatable bonds is 2. The number of carbonyl (C=O) groups excluding carboxylic acids is 1. The second kappa shape index (κ2) is 5.11. The summed E-state index contributed by atoms with van der Waals surface area (Å²) in [5.74, 6) is 1.02. The van der Waals surface area contributed by atoms with Crippen LogP contribution in [-0.4, -0.2) is 22.2 Å². The molecule has 0 bridgehead atoms. The van der Waals surface area contributed by atoms with Gasteiger partial charge in [-0.3, -0.25) is 0 Å². The summed E-state index contributed by atoms with van der Waals surface area (Å²) >= 11 is 13.4. The third-order valence-electron chi connectivity index (χ3n) is 2.78. The minimum absolute atomic E-state index is 0.0367. The largest absolute Gasteiger partial charge is 0.345 e. The lowest BCUT2D eigenvalue weighted by molar-refractivity contribution is 0.259. The number of aliphatic imine (C=N–C) groups is 1. The van der Waals surface area contributed by atoms with Gasteiger partial charge in [0, 0.05) is 17.2 Å². The van der Waals surface area contributed by atoms with Crippen LogP contribution < -0.4 is 5.32 Å². The molecule has 1 saturated heterocycles. The highest BCUT2D eigenvalue weighted by molar-refractivity contribution is 8.08. The molecule has 18 heavy (non-hydrogen) atoms. The van der Waals surface area contributed by atoms with Gasteiger partial charge in [-0.05, 0) is 32.0 Å². The third kappa shape index (κ3) is 3.19. The van der Waals surface area contributed by atoms with Gasteiger partial charge in [-0.2, -0.15) is 0 Å². The Bertz CT molecular complexity index is 527. The normalized spacial score (nSPS) is 22.8. The first kappa shape index (κ1) is 13.7. The van der Waals surface area contributed by atoms with E-state index in [2.05, 4.69) is 17.2 Å². The third-order valence-corrected chi connectivity index (χ3v) is 4.97. The van der Waals surface area contributed by atoms with Gasteiger partial charge >= 0.3 is 6.03 Å². The number of thioether (sulfide) groups is 1. The van der Waals surface area contributed by atoms with Crippen LogP contribution in [0.5, 0.6) is 0 Å². The van der Waals surface area contributed by atoms with E-state index in [1.807, 2.05) is 6.92 Å². The van der Waals surface area contributed by atoms with Crippen LogP contribution in [0.2, 0.25) is 10.0 Å². The summed E-state index contributed by atoms with van der Waals surface area (Å²) < 4.78 is 0.0367. The smallest absolute Gasteiger partial charge is 0.306 e. The number of nitrogens with one attached hydrogen (secondary N) is 1. The van der Waals surface area contributed by atoms with Gasteiger partial charge in [0.05, 0.1) is 14.8 Å². The maximum Gasteiger partial charge on any atom is 0.345 e. The molecule has 0 radical (unpaired) electrons. The molecule has 1 aliphatic heterocycles. The van der Waals surface area contributed by atoms with E-state index < -0.39 is 0 Å². The van der Waals surface area contributed by atoms with Crippen LogP contribution in [0.3, 0.4) is 0 Å². The van der Waals surface area contributed by atoms with Gasteiger partial charge in [0.25, 0.3) is 0 Å². The standard InChI is InChI=1S/C12H12Cl2N2OS/c1-7(12(2)6-18-12)15-11(17)16-8-3-4-9(13)10(14)5-8/h3-5H,6H2,1-2H3,(H,16,17)/b15-7+. The van der Waals surface area contributed by atoms with Crippen molar-refractivity contribution < 1.29 is 4.79 Å². The number of urea groups is 1. The molecule has 0 aromatic heterocycles. The summed E-state index contributed by atoms with van der Waals surface area (Å²) in [5.41, 5.74) is 1.42. The molecule has 1 unspecified atom stereocenters. The van der Waals surface area contributed by atoms with Crippen molar-refractivity contribution in [3.63, 3.8) is 0 Å². The monoisotopic (exact) mass is 302 g/mol. The van der Waals surface area contributed by atoms with Crippen molar-refractivity contribution in [1.82, 2.24) is 0 Å². The molecule has 96 valence electrons. The van der Waals surface area contributed by atoms with Crippen LogP contribution in [0.25, 0.3) is 0 Å². The Kier molecular flexibility index (Phi) is 3.90. The maximum absolute atomic E-state index is 11.7. The SMILES string of the molecule is C/C(=N\C(=O)Nc1ccc(Cl)c(Cl)c1)C1(C)CS1. The minimum Gasteiger partial charge on any atom is -0.306 e. The van der Waals surface area contributed by atoms with Crippen molar-refractivity contribution in [2.24, 2.45) is 4.99 Å². The molecule has 3 nitrogen and oxygen atoms in total. The topological polar surface area (TPSA) is 41.5 Å². The quantitative estimate of drug-likeness (QED) is 0.646. The molecule has 1 fully saturated rings. The van der Waals surface area contributed by atoms with E-state index >= 15 is 0 Å². The predicted molar refractivity (Wildman–Crippen MR) is 79.5 cm³/mol. The zero-order valence-corrected chi connectivity index (χ0v) is 12.3. The van der Waals surface area contributed by atoms with Gasteiger partial charge in [0.1, 0.15) is 0 Å². The first-order chi connectivity index (χ1) is 8.40. The number of anilines is 1. The zero-order valence-electron chi connectivity index (χ0n) is 9.96. The molecule has 0 spiro atoms. The molecule has 1 N–H and O–H groups in total. The number of nitrogens with zero attached hydrogens (tertiary/aromatic N) is 1. The number of hydrogen-bond donors (Lipinski definition) is 1. The van der Waals surface area contributed by atoms with Crippen LogP contribution in [0.15, 0.2) is 23.2 Å². The summed E-state index contributed by atoms with van der Waals surface area (Å²) in [6, 6.07) is 4.53. The Morgan fingerprint density at radius 2 is 2.11 bits per heavy atom. The molecule has 6 heteroatoms. The summed E-state index contributed by atoms with van der Waals surface area (Å²) in [6.07, 6.45) is 0. The zero-order chi connectivity index (χ0) is 13.3. The molecule has 2 rings (SSSR count). The van der Waals surface area contributed by atoms with Crippen molar-refractivity contribution in [2.45, 2.75) is 18.6 Å². The van der Waals surface area contributed by atoms with E-state index in [4.69, 9.17) is 23.2 Å². The Balaban J connectivity index is 2.05. The van der Waals surface area contributed by atoms with Crippen LogP contribution in [0.1, 0.15) is 13.8 Å². The summed E-state index contributed by atoms with van der Waals surface area (Å²) in [4.78, 5) is 15.7. The van der Waals surface area contributed by atoms with Crippen LogP contribution in [0.4, 0.5) is 10.5 Å². The van der Waals surface area contributed by atoms with Crippen molar-refractivity contribution >= 4 is 52.4 Å². The predicted octanol–water partition coefficient (Wildman–Crippen LogP) is 4.49. The number of halogens is 2. The first-order valence-corrected chi connectivity index (χ1v) is 7.11. The van der Waals surface area contributed by atoms with Gasteiger partial charge in [-0.1, -0.05) is 23.2 Å². The lowest BCUT2D eigenvalue weighted by Gasteiger charge is -2.07. The lowest BCUT2D eigenvalue weighted by atomic mass is 10.1. The highest BCUT2D eigenvalue weighted by Gasteiger charge is 2.41. The summed E-state index contributed by atoms with van der Waals surface area (Å²) in [7, 11) is 0. The van der Waals surface area contributed by atoms with Crippen LogP contribution in [-0.2, 0) is 0 Å². The van der Waals surface area contributed by atoms with Gasteiger partial charge < -0.3 is 5.32 Å². The fourth-order valence-corrected chi connectivity index (χ4v) is 2.29. The molecule has 1 heterocycles. The van der Waals surface area contributed by atoms with Crippen molar-refractivity contribution in [1.29, 1.82) is 0 Å². The second-order valence-electron chi connectivity index (χ2n) is 4.28. The van der Waals surface area contributed by atoms with Crippen LogP contribution in [0, 0.1) is 0 Å². The molecular weight excluding hydrogens is 291 g/mol. The lowest BCUT2D eigenvalue weighted by Crippen LogP contribution is -2.18. The van der Waals surface area contributed by atoms with Crippen molar-refractivity contribution in [3.05, 3.63) is 28.2 Å². The molecule has 1 aromatic rings. The molecule has 1 aromatic carbocycles. The maximum atomic E-state index is 11.7. The molecule has 1 atom stereocenters. The van der Waals surface area contributed by atoms with Gasteiger partial charge in [0.15, 0.2) is 0 Å². The molecule has 0 saturated carbocycles. The number of carbonyl (C=O) groups is 1. The molecule has 2 amide bonds. The van der Waals surface area contributed by atoms with Gasteiger partial charge in [0.2, 0.25) is 0 Å². The average molecular weight is 303 g/mol. The Morgan fingerprint density at radius 1 is 1.44 bits per heavy atom. The fraction of sp³-hybridized carbons (Fsp3) is 0.333. The fourth-order valence-electron chi connectivity index (χ4n) is 1.31. The number of amides is 2. The van der Waals surface area contributed by atoms with Gasteiger partial charge in [-0.15, -0.1) is 11.8 Å². The Hall–Kier alpha value is -0.710. The van der Waals surface area contributed by atoms with E-state index in [0.717, 1.165) is 11.5 Å². The van der Waals surface area contributed by atoms with Gasteiger partial charge in [-0.25, -0.2) is 9.79 Å². The first-order valence-electron chi connectivity index (χ1n) is 5.36. The van der Waals surface area contributed by atoms with Crippen LogP contribution >= 0.6 is 35.0 Å². The van der Waals surface area contributed by atoms with E-state index in [1.165, 1.54) is 0 Å². The summed E-state index contributed by atoms with van der Waals surface area (Å²) in [6.45, 7) is 3.94. The van der Waals surface area contributed by atoms with E-state index in [9.17, 15) is 4.79 Å². The molecule has 0 aliphatic carbocycles. The van der Waals surface area contributed by atoms with Crippen molar-refractivity contribution in [2.75, 3.05) is 11.1 Å². The highest BCUT2D eigenvalue weighted by atomic mass is 35.5. The highest BCUT2D eigenvalue weighted by Crippen LogP contribution is 2.45. The number of benzene rings is 1. The summed E-state index contributed by atoms with van der Waals surface area (Å²) in [5, 5.41) is 3.52. The Labute approximate surface area is 120 Å². The van der Waals surface area contributed by atoms with Crippen molar-refractivity contribution in [3.8, 4) is 0 Å². The second-order valence-corrected chi connectivity index (χ2v) is 6.57. The molecular formula is C12H12Cl2N2OS.